The van der Waals surface area contributed by atoms with E-state index in [9.17, 15) is 9.59 Å². The Labute approximate surface area is 114 Å². The summed E-state index contributed by atoms with van der Waals surface area (Å²) < 4.78 is 5.08. The molecule has 0 fully saturated rings. The molecule has 1 aromatic carbocycles. The third kappa shape index (κ3) is 3.14. The number of anilines is 3. The zero-order valence-corrected chi connectivity index (χ0v) is 10.9. The van der Waals surface area contributed by atoms with Crippen LogP contribution in [0.5, 0.6) is 0 Å². The molecule has 0 aliphatic carbocycles. The van der Waals surface area contributed by atoms with Crippen LogP contribution in [0, 0.1) is 6.92 Å². The van der Waals surface area contributed by atoms with Gasteiger partial charge in [-0.1, -0.05) is 0 Å². The fourth-order valence-electron chi connectivity index (χ4n) is 1.61. The minimum Gasteiger partial charge on any atom is -0.475 e. The number of nitrogens with one attached hydrogen (secondary N) is 2. The van der Waals surface area contributed by atoms with E-state index in [1.54, 1.807) is 31.2 Å². The van der Waals surface area contributed by atoms with Crippen LogP contribution in [0.2, 0.25) is 0 Å². The average molecular weight is 275 g/mol. The van der Waals surface area contributed by atoms with E-state index in [2.05, 4.69) is 15.6 Å². The number of nitrogens with zero attached hydrogens (tertiary/aromatic N) is 1. The van der Waals surface area contributed by atoms with Gasteiger partial charge in [-0.2, -0.15) is 4.98 Å². The van der Waals surface area contributed by atoms with Crippen molar-refractivity contribution in [1.82, 2.24) is 4.98 Å². The van der Waals surface area contributed by atoms with Crippen molar-refractivity contribution in [3.63, 3.8) is 0 Å². The predicted molar refractivity (Wildman–Crippen MR) is 72.2 cm³/mol. The van der Waals surface area contributed by atoms with Crippen molar-refractivity contribution >= 4 is 29.3 Å². The van der Waals surface area contributed by atoms with Crippen molar-refractivity contribution in [1.29, 1.82) is 0 Å². The quantitative estimate of drug-likeness (QED) is 0.791. The zero-order valence-electron chi connectivity index (χ0n) is 10.9. The number of rotatable bonds is 4. The highest BCUT2D eigenvalue weighted by Gasteiger charge is 2.16. The van der Waals surface area contributed by atoms with Gasteiger partial charge in [0.05, 0.1) is 5.69 Å². The lowest BCUT2D eigenvalue weighted by atomic mass is 10.3. The third-order valence-corrected chi connectivity index (χ3v) is 2.45. The summed E-state index contributed by atoms with van der Waals surface area (Å²) in [5.41, 5.74) is 1.63. The van der Waals surface area contributed by atoms with Crippen LogP contribution in [0.3, 0.4) is 0 Å². The molecule has 3 N–H and O–H groups in total. The molecule has 0 atom stereocenters. The first-order valence-corrected chi connectivity index (χ1v) is 5.81. The van der Waals surface area contributed by atoms with Gasteiger partial charge >= 0.3 is 5.97 Å². The maximum atomic E-state index is 10.9. The van der Waals surface area contributed by atoms with Crippen LogP contribution < -0.4 is 10.6 Å². The molecule has 2 rings (SSSR count). The Kier molecular flexibility index (Phi) is 3.69. The topological polar surface area (TPSA) is 104 Å². The lowest BCUT2D eigenvalue weighted by Crippen LogP contribution is -2.05. The van der Waals surface area contributed by atoms with Crippen molar-refractivity contribution in [3.05, 3.63) is 35.7 Å². The molecule has 1 amide bonds. The summed E-state index contributed by atoms with van der Waals surface area (Å²) in [6.07, 6.45) is 0. The maximum absolute atomic E-state index is 10.9. The van der Waals surface area contributed by atoms with Gasteiger partial charge < -0.3 is 20.2 Å². The van der Waals surface area contributed by atoms with E-state index >= 15 is 0 Å². The lowest BCUT2D eigenvalue weighted by molar-refractivity contribution is -0.114. The highest BCUT2D eigenvalue weighted by Crippen LogP contribution is 2.20. The first kappa shape index (κ1) is 13.6. The summed E-state index contributed by atoms with van der Waals surface area (Å²) in [5, 5.41) is 14.4. The Morgan fingerprint density at radius 2 is 1.80 bits per heavy atom. The number of oxazole rings is 1. The number of aromatic nitrogens is 1. The van der Waals surface area contributed by atoms with Gasteiger partial charge in [0, 0.05) is 18.3 Å². The Bertz CT molecular complexity index is 646. The highest BCUT2D eigenvalue weighted by atomic mass is 16.4. The van der Waals surface area contributed by atoms with Crippen LogP contribution in [0.1, 0.15) is 23.2 Å². The van der Waals surface area contributed by atoms with Gasteiger partial charge in [-0.25, -0.2) is 4.79 Å². The van der Waals surface area contributed by atoms with Crippen molar-refractivity contribution in [3.8, 4) is 0 Å². The monoisotopic (exact) mass is 275 g/mol. The third-order valence-electron chi connectivity index (χ3n) is 2.45. The molecule has 0 saturated carbocycles. The number of benzene rings is 1. The van der Waals surface area contributed by atoms with Gasteiger partial charge in [-0.3, -0.25) is 4.79 Å². The molecule has 7 heteroatoms. The molecular formula is C13H13N3O4. The molecule has 7 nitrogen and oxygen atoms in total. The standard InChI is InChI=1S/C13H13N3O4/c1-7-11(12(18)19)20-13(14-7)16-10-5-3-9(4-6-10)15-8(2)17/h3-6H,1-2H3,(H,14,16)(H,15,17)(H,18,19). The average Bonchev–Trinajstić information content (AvgIpc) is 2.72. The summed E-state index contributed by atoms with van der Waals surface area (Å²) in [5.74, 6) is -1.51. The molecular weight excluding hydrogens is 262 g/mol. The second kappa shape index (κ2) is 5.43. The molecule has 0 unspecified atom stereocenters. The van der Waals surface area contributed by atoms with Crippen molar-refractivity contribution < 1.29 is 19.1 Å². The lowest BCUT2D eigenvalue weighted by Gasteiger charge is -2.04. The van der Waals surface area contributed by atoms with E-state index in [0.717, 1.165) is 0 Å². The largest absolute Gasteiger partial charge is 0.475 e. The second-order valence-corrected chi connectivity index (χ2v) is 4.12. The molecule has 0 spiro atoms. The molecule has 0 saturated heterocycles. The van der Waals surface area contributed by atoms with E-state index in [4.69, 9.17) is 9.52 Å². The first-order valence-electron chi connectivity index (χ1n) is 5.81. The fourth-order valence-corrected chi connectivity index (χ4v) is 1.61. The van der Waals surface area contributed by atoms with E-state index < -0.39 is 5.97 Å². The van der Waals surface area contributed by atoms with Crippen LogP contribution >= 0.6 is 0 Å². The normalized spacial score (nSPS) is 10.1. The van der Waals surface area contributed by atoms with Crippen LogP contribution in [-0.2, 0) is 4.79 Å². The number of carboxylic acid groups (broad SMARTS) is 1. The summed E-state index contributed by atoms with van der Waals surface area (Å²) in [4.78, 5) is 25.7. The number of hydrogen-bond donors (Lipinski definition) is 3. The summed E-state index contributed by atoms with van der Waals surface area (Å²) >= 11 is 0. The number of carboxylic acids is 1. The molecule has 0 aliphatic heterocycles. The number of hydrogen-bond acceptors (Lipinski definition) is 5. The van der Waals surface area contributed by atoms with Gasteiger partial charge in [-0.05, 0) is 31.2 Å². The number of carbonyl (C=O) groups excluding carboxylic acids is 1. The SMILES string of the molecule is CC(=O)Nc1ccc(Nc2nc(C)c(C(=O)O)o2)cc1. The van der Waals surface area contributed by atoms with Gasteiger partial charge in [0.1, 0.15) is 0 Å². The van der Waals surface area contributed by atoms with Gasteiger partial charge in [0.15, 0.2) is 0 Å². The molecule has 1 heterocycles. The Hall–Kier alpha value is -2.83. The molecule has 2 aromatic rings. The fraction of sp³-hybridized carbons (Fsp3) is 0.154. The van der Waals surface area contributed by atoms with Crippen molar-refractivity contribution in [2.24, 2.45) is 0 Å². The number of aryl methyl sites for hydroxylation is 1. The van der Waals surface area contributed by atoms with E-state index in [1.165, 1.54) is 6.92 Å². The van der Waals surface area contributed by atoms with Crippen LogP contribution in [0.15, 0.2) is 28.7 Å². The molecule has 104 valence electrons. The molecule has 20 heavy (non-hydrogen) atoms. The summed E-state index contributed by atoms with van der Waals surface area (Å²) in [6, 6.07) is 6.94. The van der Waals surface area contributed by atoms with Crippen molar-refractivity contribution in [2.45, 2.75) is 13.8 Å². The Morgan fingerprint density at radius 1 is 1.20 bits per heavy atom. The summed E-state index contributed by atoms with van der Waals surface area (Å²) in [6.45, 7) is 2.98. The smallest absolute Gasteiger partial charge is 0.373 e. The molecule has 0 bridgehead atoms. The van der Waals surface area contributed by atoms with Crippen molar-refractivity contribution in [2.75, 3.05) is 10.6 Å². The number of amides is 1. The zero-order chi connectivity index (χ0) is 14.7. The first-order chi connectivity index (χ1) is 9.45. The predicted octanol–water partition coefficient (Wildman–Crippen LogP) is 2.38. The van der Waals surface area contributed by atoms with Gasteiger partial charge in [0.2, 0.25) is 11.7 Å². The minimum atomic E-state index is -1.16. The van der Waals surface area contributed by atoms with Crippen LogP contribution in [0.4, 0.5) is 17.4 Å². The number of aromatic carboxylic acids is 1. The van der Waals surface area contributed by atoms with Gasteiger partial charge in [0.25, 0.3) is 6.01 Å². The molecule has 1 aromatic heterocycles. The molecule has 0 radical (unpaired) electrons. The van der Waals surface area contributed by atoms with E-state index in [1.807, 2.05) is 0 Å². The highest BCUT2D eigenvalue weighted by molar-refractivity contribution is 5.89. The Morgan fingerprint density at radius 3 is 2.30 bits per heavy atom. The van der Waals surface area contributed by atoms with Crippen LogP contribution in [0.25, 0.3) is 0 Å². The Balaban J connectivity index is 2.12. The van der Waals surface area contributed by atoms with Crippen LogP contribution in [-0.4, -0.2) is 22.0 Å². The minimum absolute atomic E-state index is 0.104. The second-order valence-electron chi connectivity index (χ2n) is 4.12. The van der Waals surface area contributed by atoms with E-state index in [-0.39, 0.29) is 17.7 Å². The number of carbonyl (C=O) groups is 2. The molecule has 0 aliphatic rings. The maximum Gasteiger partial charge on any atom is 0.373 e. The summed E-state index contributed by atoms with van der Waals surface area (Å²) in [7, 11) is 0. The van der Waals surface area contributed by atoms with Gasteiger partial charge in [-0.15, -0.1) is 0 Å². The van der Waals surface area contributed by atoms with E-state index in [0.29, 0.717) is 17.1 Å².